The predicted molar refractivity (Wildman–Crippen MR) is 76.5 cm³/mol. The van der Waals surface area contributed by atoms with E-state index in [0.29, 0.717) is 5.92 Å². The van der Waals surface area contributed by atoms with E-state index in [4.69, 9.17) is 5.73 Å². The number of nitrogens with zero attached hydrogens (tertiary/aromatic N) is 4. The van der Waals surface area contributed by atoms with Crippen molar-refractivity contribution in [3.8, 4) is 0 Å². The van der Waals surface area contributed by atoms with Crippen molar-refractivity contribution in [2.45, 2.75) is 63.8 Å². The zero-order valence-electron chi connectivity index (χ0n) is 11.4. The van der Waals surface area contributed by atoms with Gasteiger partial charge in [0.2, 0.25) is 4.96 Å². The van der Waals surface area contributed by atoms with Crippen molar-refractivity contribution in [2.24, 2.45) is 5.73 Å². The van der Waals surface area contributed by atoms with E-state index >= 15 is 0 Å². The molecule has 0 saturated heterocycles. The minimum atomic E-state index is 0.196. The Labute approximate surface area is 117 Å². The Morgan fingerprint density at radius 2 is 2.11 bits per heavy atom. The molecular weight excluding hydrogens is 258 g/mol. The Bertz CT molecular complexity index is 540. The van der Waals surface area contributed by atoms with E-state index in [1.807, 2.05) is 4.52 Å². The van der Waals surface area contributed by atoms with Crippen LogP contribution in [-0.2, 0) is 6.42 Å². The summed E-state index contributed by atoms with van der Waals surface area (Å²) in [5, 5.41) is 14.4. The molecule has 104 valence electrons. The van der Waals surface area contributed by atoms with Crippen molar-refractivity contribution in [2.75, 3.05) is 0 Å². The molecule has 0 amide bonds. The molecule has 2 N–H and O–H groups in total. The van der Waals surface area contributed by atoms with Gasteiger partial charge in [-0.05, 0) is 19.3 Å². The molecule has 1 unspecified atom stereocenters. The van der Waals surface area contributed by atoms with Gasteiger partial charge in [-0.3, -0.25) is 0 Å². The molecule has 2 aromatic heterocycles. The molecule has 1 fully saturated rings. The van der Waals surface area contributed by atoms with E-state index in [2.05, 4.69) is 22.2 Å². The van der Waals surface area contributed by atoms with Gasteiger partial charge in [0.1, 0.15) is 5.01 Å². The summed E-state index contributed by atoms with van der Waals surface area (Å²) in [5.74, 6) is 1.60. The zero-order valence-corrected chi connectivity index (χ0v) is 12.2. The maximum absolute atomic E-state index is 6.00. The first-order chi connectivity index (χ1) is 9.28. The standard InChI is InChI=1S/C13H21N5S/c1-2-10(14)8-11-17-18-12(15-16-13(18)19-11)9-6-4-3-5-7-9/h9-10H,2-8,14H2,1H3. The van der Waals surface area contributed by atoms with Crippen molar-refractivity contribution in [1.29, 1.82) is 0 Å². The van der Waals surface area contributed by atoms with Crippen LogP contribution in [-0.4, -0.2) is 25.9 Å². The van der Waals surface area contributed by atoms with Crippen LogP contribution in [0.3, 0.4) is 0 Å². The topological polar surface area (TPSA) is 69.1 Å². The highest BCUT2D eigenvalue weighted by Gasteiger charge is 2.23. The summed E-state index contributed by atoms with van der Waals surface area (Å²) in [6, 6.07) is 0.196. The molecule has 1 atom stereocenters. The van der Waals surface area contributed by atoms with E-state index in [1.54, 1.807) is 11.3 Å². The monoisotopic (exact) mass is 279 g/mol. The van der Waals surface area contributed by atoms with Crippen molar-refractivity contribution in [1.82, 2.24) is 19.8 Å². The highest BCUT2D eigenvalue weighted by atomic mass is 32.1. The second-order valence-electron chi connectivity index (χ2n) is 5.46. The SMILES string of the molecule is CCC(N)Cc1nn2c(C3CCCCC3)nnc2s1. The Hall–Kier alpha value is -1.01. The van der Waals surface area contributed by atoms with Crippen LogP contribution in [0.1, 0.15) is 62.2 Å². The molecule has 3 rings (SSSR count). The average Bonchev–Trinajstić information content (AvgIpc) is 2.99. The van der Waals surface area contributed by atoms with Gasteiger partial charge < -0.3 is 5.73 Å². The third-order valence-corrected chi connectivity index (χ3v) is 4.91. The molecule has 0 spiro atoms. The first kappa shape index (κ1) is 13.0. The Kier molecular flexibility index (Phi) is 3.79. The first-order valence-corrected chi connectivity index (χ1v) is 8.06. The quantitative estimate of drug-likeness (QED) is 0.933. The van der Waals surface area contributed by atoms with E-state index in [-0.39, 0.29) is 6.04 Å². The fraction of sp³-hybridized carbons (Fsp3) is 0.769. The van der Waals surface area contributed by atoms with Gasteiger partial charge in [0, 0.05) is 18.4 Å². The molecule has 6 heteroatoms. The summed E-state index contributed by atoms with van der Waals surface area (Å²) in [4.78, 5) is 0.916. The summed E-state index contributed by atoms with van der Waals surface area (Å²) >= 11 is 1.62. The molecule has 0 radical (unpaired) electrons. The van der Waals surface area contributed by atoms with Crippen LogP contribution in [0.25, 0.3) is 4.96 Å². The van der Waals surface area contributed by atoms with Gasteiger partial charge in [0.25, 0.3) is 0 Å². The number of rotatable bonds is 4. The van der Waals surface area contributed by atoms with Gasteiger partial charge in [0.05, 0.1) is 0 Å². The lowest BCUT2D eigenvalue weighted by atomic mass is 9.89. The van der Waals surface area contributed by atoms with Crippen molar-refractivity contribution in [3.05, 3.63) is 10.8 Å². The second-order valence-corrected chi connectivity index (χ2v) is 6.50. The highest BCUT2D eigenvalue weighted by Crippen LogP contribution is 2.32. The third-order valence-electron chi connectivity index (χ3n) is 3.99. The van der Waals surface area contributed by atoms with Crippen LogP contribution in [0.5, 0.6) is 0 Å². The van der Waals surface area contributed by atoms with Gasteiger partial charge in [-0.2, -0.15) is 9.61 Å². The van der Waals surface area contributed by atoms with Crippen molar-refractivity contribution in [3.63, 3.8) is 0 Å². The number of aromatic nitrogens is 4. The van der Waals surface area contributed by atoms with Gasteiger partial charge in [-0.1, -0.05) is 37.5 Å². The number of nitrogens with two attached hydrogens (primary N) is 1. The van der Waals surface area contributed by atoms with Crippen molar-refractivity contribution < 1.29 is 0 Å². The molecule has 0 bridgehead atoms. The van der Waals surface area contributed by atoms with Crippen LogP contribution in [0, 0.1) is 0 Å². The molecule has 0 aromatic carbocycles. The molecule has 1 saturated carbocycles. The average molecular weight is 279 g/mol. The highest BCUT2D eigenvalue weighted by molar-refractivity contribution is 7.16. The lowest BCUT2D eigenvalue weighted by Gasteiger charge is -2.18. The second kappa shape index (κ2) is 5.54. The zero-order chi connectivity index (χ0) is 13.2. The number of hydrogen-bond acceptors (Lipinski definition) is 5. The minimum absolute atomic E-state index is 0.196. The molecule has 1 aliphatic rings. The fourth-order valence-electron chi connectivity index (χ4n) is 2.74. The minimum Gasteiger partial charge on any atom is -0.327 e. The number of fused-ring (bicyclic) bond motifs is 1. The van der Waals surface area contributed by atoms with Crippen LogP contribution in [0.2, 0.25) is 0 Å². The molecular formula is C13H21N5S. The third kappa shape index (κ3) is 2.65. The molecule has 1 aliphatic carbocycles. The first-order valence-electron chi connectivity index (χ1n) is 7.24. The van der Waals surface area contributed by atoms with Gasteiger partial charge >= 0.3 is 0 Å². The molecule has 2 aromatic rings. The maximum atomic E-state index is 6.00. The van der Waals surface area contributed by atoms with E-state index in [1.165, 1.54) is 32.1 Å². The Morgan fingerprint density at radius 1 is 1.32 bits per heavy atom. The van der Waals surface area contributed by atoms with Crippen molar-refractivity contribution >= 4 is 16.3 Å². The maximum Gasteiger partial charge on any atom is 0.234 e. The summed E-state index contributed by atoms with van der Waals surface area (Å²) < 4.78 is 1.96. The normalized spacial score (nSPS) is 19.1. The van der Waals surface area contributed by atoms with E-state index < -0.39 is 0 Å². The largest absolute Gasteiger partial charge is 0.327 e. The summed E-state index contributed by atoms with van der Waals surface area (Å²) in [6.07, 6.45) is 8.23. The van der Waals surface area contributed by atoms with E-state index in [9.17, 15) is 0 Å². The van der Waals surface area contributed by atoms with Crippen LogP contribution in [0.15, 0.2) is 0 Å². The number of hydrogen-bond donors (Lipinski definition) is 1. The lowest BCUT2D eigenvalue weighted by molar-refractivity contribution is 0.422. The predicted octanol–water partition coefficient (Wildman–Crippen LogP) is 2.51. The Balaban J connectivity index is 1.85. The van der Waals surface area contributed by atoms with E-state index in [0.717, 1.165) is 28.6 Å². The van der Waals surface area contributed by atoms with Gasteiger partial charge in [0.15, 0.2) is 5.82 Å². The van der Waals surface area contributed by atoms with Crippen LogP contribution >= 0.6 is 11.3 Å². The lowest BCUT2D eigenvalue weighted by Crippen LogP contribution is -2.21. The molecule has 2 heterocycles. The summed E-state index contributed by atoms with van der Waals surface area (Å²) in [5.41, 5.74) is 6.00. The van der Waals surface area contributed by atoms with Crippen LogP contribution in [0.4, 0.5) is 0 Å². The summed E-state index contributed by atoms with van der Waals surface area (Å²) in [6.45, 7) is 2.11. The molecule has 0 aliphatic heterocycles. The smallest absolute Gasteiger partial charge is 0.234 e. The fourth-order valence-corrected chi connectivity index (χ4v) is 3.67. The van der Waals surface area contributed by atoms with Crippen LogP contribution < -0.4 is 5.73 Å². The van der Waals surface area contributed by atoms with Gasteiger partial charge in [-0.25, -0.2) is 0 Å². The Morgan fingerprint density at radius 3 is 2.84 bits per heavy atom. The molecule has 5 nitrogen and oxygen atoms in total. The summed E-state index contributed by atoms with van der Waals surface area (Å²) in [7, 11) is 0. The molecule has 19 heavy (non-hydrogen) atoms. The van der Waals surface area contributed by atoms with Gasteiger partial charge in [-0.15, -0.1) is 10.2 Å².